The van der Waals surface area contributed by atoms with Gasteiger partial charge in [-0.3, -0.25) is 10.1 Å². The van der Waals surface area contributed by atoms with E-state index in [4.69, 9.17) is 23.7 Å². The molecule has 2 aromatic carbocycles. The number of hydrogen-bond donors (Lipinski definition) is 0. The Kier molecular flexibility index (Phi) is 7.08. The fraction of sp³-hybridized carbons (Fsp3) is 0.381. The molecule has 0 aliphatic carbocycles. The number of nitro benzene ring substituents is 1. The molecule has 0 N–H and O–H groups in total. The number of nitro groups is 1. The number of esters is 1. The maximum Gasteiger partial charge on any atom is 0.338 e. The molecule has 0 amide bonds. The number of ether oxygens (including phenoxy) is 5. The van der Waals surface area contributed by atoms with E-state index in [1.54, 1.807) is 12.1 Å². The molecule has 1 aliphatic heterocycles. The van der Waals surface area contributed by atoms with Gasteiger partial charge < -0.3 is 23.7 Å². The van der Waals surface area contributed by atoms with Gasteiger partial charge in [-0.05, 0) is 24.6 Å². The summed E-state index contributed by atoms with van der Waals surface area (Å²) in [6.07, 6.45) is 1.91. The second kappa shape index (κ2) is 9.93. The Hall–Kier alpha value is -3.33. The molecule has 0 unspecified atom stereocenters. The fourth-order valence-corrected chi connectivity index (χ4v) is 2.96. The zero-order valence-electron chi connectivity index (χ0n) is 16.8. The summed E-state index contributed by atoms with van der Waals surface area (Å²) in [7, 11) is 1.49. The number of rotatable bonds is 9. The van der Waals surface area contributed by atoms with Gasteiger partial charge in [0.2, 0.25) is 0 Å². The van der Waals surface area contributed by atoms with Gasteiger partial charge in [-0.1, -0.05) is 13.3 Å². The van der Waals surface area contributed by atoms with Crippen molar-refractivity contribution in [2.45, 2.75) is 33.0 Å². The maximum absolute atomic E-state index is 12.5. The van der Waals surface area contributed by atoms with E-state index in [1.165, 1.54) is 25.3 Å². The normalized spacial score (nSPS) is 12.5. The van der Waals surface area contributed by atoms with Crippen molar-refractivity contribution in [2.24, 2.45) is 0 Å². The van der Waals surface area contributed by atoms with Crippen molar-refractivity contribution in [3.63, 3.8) is 0 Å². The number of methoxy groups -OCH3 is 1. The molecule has 0 saturated heterocycles. The summed E-state index contributed by atoms with van der Waals surface area (Å²) >= 11 is 0. The molecule has 0 fully saturated rings. The molecule has 0 bridgehead atoms. The van der Waals surface area contributed by atoms with Gasteiger partial charge in [0.1, 0.15) is 12.4 Å². The van der Waals surface area contributed by atoms with Gasteiger partial charge in [0.05, 0.1) is 30.8 Å². The predicted octanol–water partition coefficient (Wildman–Crippen LogP) is 4.01. The summed E-state index contributed by atoms with van der Waals surface area (Å²) in [5, 5.41) is 11.2. The highest BCUT2D eigenvalue weighted by molar-refractivity contribution is 5.90. The highest BCUT2D eigenvalue weighted by atomic mass is 16.7. The first-order valence-corrected chi connectivity index (χ1v) is 9.52. The third-order valence-corrected chi connectivity index (χ3v) is 4.50. The van der Waals surface area contributed by atoms with Gasteiger partial charge in [0.25, 0.3) is 5.69 Å². The van der Waals surface area contributed by atoms with E-state index in [2.05, 4.69) is 6.92 Å². The minimum atomic E-state index is -0.597. The zero-order valence-corrected chi connectivity index (χ0v) is 16.8. The number of benzene rings is 2. The zero-order chi connectivity index (χ0) is 21.5. The molecule has 9 nitrogen and oxygen atoms in total. The molecule has 0 saturated carbocycles. The van der Waals surface area contributed by atoms with Crippen LogP contribution in [0.2, 0.25) is 0 Å². The van der Waals surface area contributed by atoms with Crippen LogP contribution < -0.4 is 14.2 Å². The van der Waals surface area contributed by atoms with Gasteiger partial charge in [0.15, 0.2) is 18.3 Å². The highest BCUT2D eigenvalue weighted by Crippen LogP contribution is 2.33. The predicted molar refractivity (Wildman–Crippen MR) is 106 cm³/mol. The van der Waals surface area contributed by atoms with Crippen LogP contribution in [-0.2, 0) is 22.7 Å². The Morgan fingerprint density at radius 1 is 1.23 bits per heavy atom. The Balaban J connectivity index is 1.74. The fourth-order valence-electron chi connectivity index (χ4n) is 2.96. The lowest BCUT2D eigenvalue weighted by molar-refractivity contribution is -0.385. The lowest BCUT2D eigenvalue weighted by Gasteiger charge is -2.20. The standard InChI is InChI=1S/C21H23NO8/c1-3-4-7-28-18-6-5-14(10-19(18)26-2)21(23)29-12-16-9-17(22(24)25)8-15-11-27-13-30-20(15)16/h5-6,8-10H,3-4,7,11-13H2,1-2H3. The number of carbonyl (C=O) groups excluding carboxylic acids is 1. The van der Waals surface area contributed by atoms with Gasteiger partial charge in [0, 0.05) is 23.3 Å². The summed E-state index contributed by atoms with van der Waals surface area (Å²) in [6, 6.07) is 7.50. The van der Waals surface area contributed by atoms with Crippen LogP contribution in [0.15, 0.2) is 30.3 Å². The number of non-ortho nitro benzene ring substituents is 1. The van der Waals surface area contributed by atoms with E-state index >= 15 is 0 Å². The van der Waals surface area contributed by atoms with Gasteiger partial charge in [-0.2, -0.15) is 0 Å². The largest absolute Gasteiger partial charge is 0.493 e. The lowest BCUT2D eigenvalue weighted by Crippen LogP contribution is -2.15. The lowest BCUT2D eigenvalue weighted by atomic mass is 10.1. The molecule has 30 heavy (non-hydrogen) atoms. The molecule has 2 aromatic rings. The summed E-state index contributed by atoms with van der Waals surface area (Å²) in [5.41, 5.74) is 1.10. The molecule has 0 radical (unpaired) electrons. The molecule has 9 heteroatoms. The third-order valence-electron chi connectivity index (χ3n) is 4.50. The van der Waals surface area contributed by atoms with Crippen LogP contribution >= 0.6 is 0 Å². The van der Waals surface area contributed by atoms with Crippen molar-refractivity contribution < 1.29 is 33.4 Å². The first-order valence-electron chi connectivity index (χ1n) is 9.52. The second-order valence-electron chi connectivity index (χ2n) is 6.60. The second-order valence-corrected chi connectivity index (χ2v) is 6.60. The van der Waals surface area contributed by atoms with Crippen molar-refractivity contribution in [2.75, 3.05) is 20.5 Å². The molecule has 0 aromatic heterocycles. The Morgan fingerprint density at radius 3 is 2.80 bits per heavy atom. The van der Waals surface area contributed by atoms with Crippen molar-refractivity contribution in [3.05, 3.63) is 57.1 Å². The quantitative estimate of drug-likeness (QED) is 0.261. The Morgan fingerprint density at radius 2 is 2.07 bits per heavy atom. The minimum absolute atomic E-state index is 0.0302. The van der Waals surface area contributed by atoms with Gasteiger partial charge in [-0.15, -0.1) is 0 Å². The van der Waals surface area contributed by atoms with E-state index in [9.17, 15) is 14.9 Å². The third kappa shape index (κ3) is 4.98. The van der Waals surface area contributed by atoms with Crippen LogP contribution in [0.3, 0.4) is 0 Å². The smallest absolute Gasteiger partial charge is 0.338 e. The molecule has 0 atom stereocenters. The SMILES string of the molecule is CCCCOc1ccc(C(=O)OCc2cc([N+](=O)[O-])cc3c2OCOC3)cc1OC. The topological polar surface area (TPSA) is 106 Å². The average molecular weight is 417 g/mol. The van der Waals surface area contributed by atoms with Crippen molar-refractivity contribution in [1.29, 1.82) is 0 Å². The van der Waals surface area contributed by atoms with Crippen LogP contribution in [0.1, 0.15) is 41.3 Å². The molecular weight excluding hydrogens is 394 g/mol. The highest BCUT2D eigenvalue weighted by Gasteiger charge is 2.22. The minimum Gasteiger partial charge on any atom is -0.493 e. The molecule has 3 rings (SSSR count). The van der Waals surface area contributed by atoms with E-state index < -0.39 is 10.9 Å². The summed E-state index contributed by atoms with van der Waals surface area (Å²) in [6.45, 7) is 2.66. The van der Waals surface area contributed by atoms with Crippen LogP contribution in [0.5, 0.6) is 17.2 Å². The molecular formula is C21H23NO8. The molecule has 160 valence electrons. The van der Waals surface area contributed by atoms with E-state index in [0.29, 0.717) is 35.0 Å². The Bertz CT molecular complexity index is 927. The number of nitrogens with zero attached hydrogens (tertiary/aromatic N) is 1. The summed E-state index contributed by atoms with van der Waals surface area (Å²) in [5.74, 6) is 0.815. The van der Waals surface area contributed by atoms with Gasteiger partial charge in [-0.25, -0.2) is 4.79 Å². The summed E-state index contributed by atoms with van der Waals surface area (Å²) in [4.78, 5) is 23.2. The van der Waals surface area contributed by atoms with Crippen LogP contribution in [0, 0.1) is 10.1 Å². The van der Waals surface area contributed by atoms with Crippen LogP contribution in [0.25, 0.3) is 0 Å². The monoisotopic (exact) mass is 417 g/mol. The number of hydrogen-bond acceptors (Lipinski definition) is 8. The number of carbonyl (C=O) groups is 1. The first-order chi connectivity index (χ1) is 14.5. The van der Waals surface area contributed by atoms with Crippen molar-refractivity contribution in [1.82, 2.24) is 0 Å². The number of unbranched alkanes of at least 4 members (excludes halogenated alkanes) is 1. The van der Waals surface area contributed by atoms with E-state index in [1.807, 2.05) is 0 Å². The van der Waals surface area contributed by atoms with E-state index in [-0.39, 0.29) is 31.3 Å². The molecule has 1 aliphatic rings. The summed E-state index contributed by atoms with van der Waals surface area (Å²) < 4.78 is 27.0. The van der Waals surface area contributed by atoms with Gasteiger partial charge >= 0.3 is 5.97 Å². The van der Waals surface area contributed by atoms with Crippen molar-refractivity contribution >= 4 is 11.7 Å². The molecule has 0 spiro atoms. The first kappa shape index (κ1) is 21.4. The molecule has 1 heterocycles. The maximum atomic E-state index is 12.5. The Labute approximate surface area is 173 Å². The van der Waals surface area contributed by atoms with E-state index in [0.717, 1.165) is 12.8 Å². The number of fused-ring (bicyclic) bond motifs is 1. The van der Waals surface area contributed by atoms with Crippen molar-refractivity contribution in [3.8, 4) is 17.2 Å². The average Bonchev–Trinajstić information content (AvgIpc) is 2.77. The van der Waals surface area contributed by atoms with Crippen LogP contribution in [0.4, 0.5) is 5.69 Å². The van der Waals surface area contributed by atoms with Crippen LogP contribution in [-0.4, -0.2) is 31.4 Å².